The van der Waals surface area contributed by atoms with Crippen LogP contribution in [0.15, 0.2) is 91.5 Å². The van der Waals surface area contributed by atoms with E-state index in [9.17, 15) is 123 Å². The van der Waals surface area contributed by atoms with Gasteiger partial charge in [-0.1, -0.05) is 49.4 Å². The number of imidazole rings is 1. The minimum absolute atomic E-state index is 0. The Bertz CT molecular complexity index is 4200. The molecule has 0 spiro atoms. The first kappa shape index (κ1) is 110. The Kier molecular flexibility index (Phi) is 52.3. The van der Waals surface area contributed by atoms with Crippen LogP contribution in [0.5, 0.6) is 0 Å². The van der Waals surface area contributed by atoms with Crippen LogP contribution in [0.2, 0.25) is 0 Å². The number of thiocarbonyl (C=S) groups is 2. The molecule has 0 aliphatic heterocycles. The summed E-state index contributed by atoms with van der Waals surface area (Å²) in [5, 5.41) is 116. The van der Waals surface area contributed by atoms with E-state index in [2.05, 4.69) is 52.2 Å². The molecule has 2 aromatic heterocycles. The molecule has 5 atom stereocenters. The number of ketones is 2. The number of para-hydroxylation sites is 1. The molecule has 0 aliphatic carbocycles. The topological polar surface area (TPSA) is 669 Å². The van der Waals surface area contributed by atoms with E-state index in [-0.39, 0.29) is 217 Å². The number of anilines is 2. The number of Topliss-reactive ketones (excluding diaryl/α,β-unsaturated/α-hetero) is 2. The van der Waals surface area contributed by atoms with Crippen LogP contribution < -0.4 is 37.2 Å². The van der Waals surface area contributed by atoms with Crippen molar-refractivity contribution in [3.05, 3.63) is 114 Å². The molecule has 3 amide bonds. The van der Waals surface area contributed by atoms with Crippen molar-refractivity contribution >= 4 is 146 Å². The van der Waals surface area contributed by atoms with E-state index in [0.717, 1.165) is 30.5 Å². The molecule has 0 fully saturated rings. The Hall–Kier alpha value is -9.43. The van der Waals surface area contributed by atoms with Gasteiger partial charge in [0.25, 0.3) is 0 Å². The molecule has 2 radical (unpaired) electrons. The number of aromatic nitrogens is 3. The van der Waals surface area contributed by atoms with E-state index in [1.807, 2.05) is 24.3 Å². The zero-order chi connectivity index (χ0) is 86.3. The Morgan fingerprint density at radius 2 is 0.868 bits per heavy atom. The number of aliphatic carboxylic acids is 10. The van der Waals surface area contributed by atoms with Gasteiger partial charge in [0.2, 0.25) is 17.7 Å². The van der Waals surface area contributed by atoms with Crippen molar-refractivity contribution in [3.63, 3.8) is 0 Å². The van der Waals surface area contributed by atoms with Crippen molar-refractivity contribution in [1.29, 1.82) is 0 Å². The van der Waals surface area contributed by atoms with Crippen molar-refractivity contribution in [2.75, 3.05) is 135 Å². The second-order valence-corrected chi connectivity index (χ2v) is 28.2. The predicted molar refractivity (Wildman–Crippen MR) is 432 cm³/mol. The van der Waals surface area contributed by atoms with Gasteiger partial charge in [0.1, 0.15) is 11.8 Å². The number of benzene rings is 3. The van der Waals surface area contributed by atoms with Gasteiger partial charge in [0.05, 0.1) is 90.9 Å². The molecule has 662 valence electrons. The molecule has 2 heterocycles. The molecule has 2 unspecified atom stereocenters. The number of carbonyl (C=O) groups excluding carboxylic acids is 5. The van der Waals surface area contributed by atoms with E-state index in [0.29, 0.717) is 33.8 Å². The molecule has 47 heteroatoms. The van der Waals surface area contributed by atoms with Crippen LogP contribution in [-0.2, 0) is 97.6 Å². The van der Waals surface area contributed by atoms with Gasteiger partial charge >= 0.3 is 140 Å². The van der Waals surface area contributed by atoms with Crippen molar-refractivity contribution in [2.45, 2.75) is 88.9 Å². The average molecular weight is 2030 g/mol. The molecule has 43 nitrogen and oxygen atoms in total. The minimum atomic E-state index is -1.40. The largest absolute Gasteiger partial charge is 3.00 e. The number of nitrogens with zero attached hydrogens (tertiary/aromatic N) is 7. The Balaban J connectivity index is 0.0000183. The fourth-order valence-corrected chi connectivity index (χ4v) is 13.1. The summed E-state index contributed by atoms with van der Waals surface area (Å²) in [6, 6.07) is 15.4. The Morgan fingerprint density at radius 3 is 1.28 bits per heavy atom. The molecule has 0 aliphatic rings. The maximum atomic E-state index is 14.8. The number of carboxylic acids is 10. The van der Waals surface area contributed by atoms with E-state index < -0.39 is 185 Å². The fraction of sp³-hybridized carbons (Fsp3) is 0.459. The van der Waals surface area contributed by atoms with Crippen molar-refractivity contribution in [1.82, 2.24) is 70.9 Å². The second kappa shape index (κ2) is 57.8. The predicted octanol–water partition coefficient (Wildman–Crippen LogP) is -2.71. The normalized spacial score (nSPS) is 12.2. The van der Waals surface area contributed by atoms with Gasteiger partial charge in [-0.25, -0.2) is 4.98 Å². The van der Waals surface area contributed by atoms with E-state index in [1.54, 1.807) is 67.8 Å². The first-order valence-corrected chi connectivity index (χ1v) is 37.6. The minimum Gasteiger partial charge on any atom is -0.480 e. The summed E-state index contributed by atoms with van der Waals surface area (Å²) in [5.74, 6) is -17.1. The standard InChI is InChI=1S/C74H98N16O25S2.2Gd.2H2O/c1-2-58(91)47(25-51-29-75-44-80-51)27-59(92)57(26-48-28-77-55-8-4-3-7-54(48)55)84-72(115)56(83-61(94)31-79-74(117)82-50-16-12-46(13-17-50)24-53(90(42-70(111)112)43-71(113)114)33-86(35-63(97)98)20-22-88(38-66(103)104)39-67(105)106)9-5-6-18-76-60(93)30-78-73(116)81-49-14-10-45(11-15-49)23-52(89(40-68(107)108)41-69(109)110)32-85(34-62(95)96)19-21-87(36-64(99)100)37-65(101)102;;;;/h3-4,7-8,10-17,28-29,44,47,52-53,56-57,77H,2,5-6,9,18-27,30-43H2,1H3,(H,75,80)(H,76,93)(H,83,94)(H,84,115)(H,95,96)(H,97,98)(H,99,100)(H,101,102)(H,103,104)(H,105,106)(H,107,108)(H,109,110)(H,111,112)(H,113,114)(H2,78,81,116)(H2,79,82,117);;;2*1H2/q;2*+3;;/t47-,52?,53?,56+,57+;;;;/m1..../s1. The molecule has 121 heavy (non-hydrogen) atoms. The number of rotatable bonds is 59. The third kappa shape index (κ3) is 44.3. The van der Waals surface area contributed by atoms with E-state index in [4.69, 9.17) is 24.4 Å². The number of hydrogen-bond acceptors (Lipinski definition) is 24. The molecule has 0 saturated carbocycles. The summed E-state index contributed by atoms with van der Waals surface area (Å²) in [6.45, 7) is -7.66. The summed E-state index contributed by atoms with van der Waals surface area (Å²) in [4.78, 5) is 205. The number of carboxylic acid groups (broad SMARTS) is 10. The van der Waals surface area contributed by atoms with Gasteiger partial charge < -0.3 is 109 Å². The van der Waals surface area contributed by atoms with Crippen LogP contribution in [0.4, 0.5) is 11.4 Å². The third-order valence-corrected chi connectivity index (χ3v) is 18.6. The van der Waals surface area contributed by atoms with Gasteiger partial charge in [-0.2, -0.15) is 0 Å². The number of carbonyl (C=O) groups is 15. The molecule has 3 aromatic carbocycles. The van der Waals surface area contributed by atoms with Gasteiger partial charge in [-0.3, -0.25) is 101 Å². The molecular weight excluding hydrogens is 1920 g/mol. The van der Waals surface area contributed by atoms with Crippen molar-refractivity contribution in [2.24, 2.45) is 5.92 Å². The molecular formula is C74H102Gd2N16O27S2+6. The van der Waals surface area contributed by atoms with Gasteiger partial charge in [-0.15, -0.1) is 0 Å². The smallest absolute Gasteiger partial charge is 0.480 e. The van der Waals surface area contributed by atoms with Crippen LogP contribution in [0.1, 0.15) is 61.4 Å². The zero-order valence-corrected chi connectivity index (χ0v) is 71.8. The van der Waals surface area contributed by atoms with Crippen molar-refractivity contribution < 1.29 is 214 Å². The van der Waals surface area contributed by atoms with Gasteiger partial charge in [-0.05, 0) is 110 Å². The SMILES string of the molecule is CCC(=O)[C@@H](CC(=O)[C@H](Cc1c[nH]c2ccccc12)NC(=O)[C@H](CCCCNC(=O)CNC(=S)Nc1ccc(CC(CN(CCN(CC(=O)O)CC(=O)O)CC(=O)O)N(CC(=O)O)CC(=O)O)cc1)NC(=O)CNC(=S)Nc1ccc(CC(CN(CCN(CC(=O)O)CC(=O)O)CC(=O)O)N(CC(=O)O)CC(=O)O)cc1)Cc1cnc[nH]1.O.O.[Gd+3].[Gd+3]. The number of fused-ring (bicyclic) bond motifs is 1. The maximum absolute atomic E-state index is 14.8. The molecule has 0 bridgehead atoms. The molecule has 5 rings (SSSR count). The van der Waals surface area contributed by atoms with Crippen molar-refractivity contribution in [3.8, 4) is 0 Å². The zero-order valence-electron chi connectivity index (χ0n) is 65.6. The molecule has 5 aromatic rings. The summed E-state index contributed by atoms with van der Waals surface area (Å²) in [6.07, 6.45) is 4.99. The average Bonchev–Trinajstić information content (AvgIpc) is 1.58. The molecule has 0 saturated heterocycles. The van der Waals surface area contributed by atoms with Crippen LogP contribution >= 0.6 is 24.4 Å². The van der Waals surface area contributed by atoms with E-state index in [1.165, 1.54) is 16.1 Å². The number of amides is 3. The number of nitrogens with one attached hydrogen (secondary N) is 9. The first-order chi connectivity index (χ1) is 55.5. The number of H-pyrrole nitrogens is 2. The fourth-order valence-electron chi connectivity index (χ4n) is 12.8. The first-order valence-electron chi connectivity index (χ1n) is 36.8. The third-order valence-electron chi connectivity index (χ3n) is 18.1. The Labute approximate surface area is 767 Å². The maximum Gasteiger partial charge on any atom is 3.00 e. The van der Waals surface area contributed by atoms with Gasteiger partial charge in [0.15, 0.2) is 16.0 Å². The van der Waals surface area contributed by atoms with Crippen LogP contribution in [-0.4, -0.2) is 354 Å². The summed E-state index contributed by atoms with van der Waals surface area (Å²) in [5.41, 5.74) is 3.82. The van der Waals surface area contributed by atoms with Crippen LogP contribution in [0.3, 0.4) is 0 Å². The summed E-state index contributed by atoms with van der Waals surface area (Å²) < 4.78 is 0. The quantitative estimate of drug-likeness (QED) is 0.0139. The number of aromatic amines is 2. The van der Waals surface area contributed by atoms with Crippen LogP contribution in [0, 0.1) is 85.8 Å². The number of unbranched alkanes of at least 4 members (excludes halogenated alkanes) is 1. The monoisotopic (exact) mass is 2030 g/mol. The van der Waals surface area contributed by atoms with Gasteiger partial charge in [0, 0.05) is 123 Å². The van der Waals surface area contributed by atoms with E-state index >= 15 is 0 Å². The second-order valence-electron chi connectivity index (χ2n) is 27.4. The molecule has 23 N–H and O–H groups in total. The summed E-state index contributed by atoms with van der Waals surface area (Å²) >= 11 is 11.0. The summed E-state index contributed by atoms with van der Waals surface area (Å²) in [7, 11) is 0. The van der Waals surface area contributed by atoms with Crippen LogP contribution in [0.25, 0.3) is 10.9 Å². The Morgan fingerprint density at radius 1 is 0.455 bits per heavy atom. The number of hydrogen-bond donors (Lipinski definition) is 19.